The third-order valence-electron chi connectivity index (χ3n) is 3.07. The third kappa shape index (κ3) is 1.64. The summed E-state index contributed by atoms with van der Waals surface area (Å²) in [6.07, 6.45) is 4.40. The molecule has 0 aromatic heterocycles. The monoisotopic (exact) mass is 205 g/mol. The largest absolute Gasteiger partial charge is 0.629 e. The lowest BCUT2D eigenvalue weighted by atomic mass is 9.90. The minimum absolute atomic E-state index is 0.188. The maximum absolute atomic E-state index is 11.7. The van der Waals surface area contributed by atoms with Crippen molar-refractivity contribution in [3.05, 3.63) is 47.3 Å². The van der Waals surface area contributed by atoms with Gasteiger partial charge in [0.2, 0.25) is 0 Å². The number of rotatable bonds is 2. The Kier molecular flexibility index (Phi) is 2.50. The SMILES string of the molecule is COc1ccc(C2(C)CC=C[NH+]2[O-])cc1. The number of hydrogen-bond acceptors (Lipinski definition) is 2. The van der Waals surface area contributed by atoms with Gasteiger partial charge in [0.25, 0.3) is 0 Å². The van der Waals surface area contributed by atoms with Gasteiger partial charge in [-0.25, -0.2) is 0 Å². The topological polar surface area (TPSA) is 36.7 Å². The summed E-state index contributed by atoms with van der Waals surface area (Å²) in [6.45, 7) is 1.98. The normalized spacial score (nSPS) is 29.4. The van der Waals surface area contributed by atoms with Crippen LogP contribution in [0.2, 0.25) is 0 Å². The van der Waals surface area contributed by atoms with Gasteiger partial charge in [0.15, 0.2) is 0 Å². The number of nitrogens with one attached hydrogen (secondary N) is 1. The van der Waals surface area contributed by atoms with Crippen LogP contribution in [-0.2, 0) is 5.54 Å². The molecule has 3 nitrogen and oxygen atoms in total. The number of hydroxylamine groups is 2. The molecule has 1 aromatic carbocycles. The number of quaternary nitrogens is 1. The molecular formula is C12H15NO2. The van der Waals surface area contributed by atoms with Crippen LogP contribution in [0.25, 0.3) is 0 Å². The molecule has 2 atom stereocenters. The summed E-state index contributed by atoms with van der Waals surface area (Å²) in [6, 6.07) is 7.71. The molecule has 1 aliphatic heterocycles. The van der Waals surface area contributed by atoms with Gasteiger partial charge in [-0.05, 0) is 37.3 Å². The number of hydrogen-bond donors (Lipinski definition) is 1. The lowest BCUT2D eigenvalue weighted by Gasteiger charge is -2.34. The molecule has 15 heavy (non-hydrogen) atoms. The molecule has 0 radical (unpaired) electrons. The summed E-state index contributed by atoms with van der Waals surface area (Å²) in [4.78, 5) is 0. The van der Waals surface area contributed by atoms with Gasteiger partial charge in [-0.15, -0.1) is 0 Å². The van der Waals surface area contributed by atoms with E-state index in [-0.39, 0.29) is 10.6 Å². The van der Waals surface area contributed by atoms with E-state index in [1.54, 1.807) is 13.3 Å². The maximum atomic E-state index is 11.7. The molecule has 80 valence electrons. The highest BCUT2D eigenvalue weighted by atomic mass is 16.5. The lowest BCUT2D eigenvalue weighted by Crippen LogP contribution is -3.08. The second-order valence-electron chi connectivity index (χ2n) is 4.03. The van der Waals surface area contributed by atoms with Gasteiger partial charge in [0, 0.05) is 12.0 Å². The van der Waals surface area contributed by atoms with E-state index < -0.39 is 0 Å². The van der Waals surface area contributed by atoms with Gasteiger partial charge in [-0.1, -0.05) is 0 Å². The summed E-state index contributed by atoms with van der Waals surface area (Å²) in [5, 5.41) is 11.9. The Hall–Kier alpha value is -1.32. The second-order valence-corrected chi connectivity index (χ2v) is 4.03. The van der Waals surface area contributed by atoms with Crippen LogP contribution in [0.5, 0.6) is 5.75 Å². The van der Waals surface area contributed by atoms with Crippen molar-refractivity contribution in [3.8, 4) is 5.75 Å². The van der Waals surface area contributed by atoms with E-state index in [4.69, 9.17) is 4.74 Å². The zero-order valence-corrected chi connectivity index (χ0v) is 8.99. The van der Waals surface area contributed by atoms with E-state index in [9.17, 15) is 5.21 Å². The first-order chi connectivity index (χ1) is 7.16. The Bertz CT molecular complexity index is 372. The quantitative estimate of drug-likeness (QED) is 0.737. The molecule has 0 spiro atoms. The fourth-order valence-corrected chi connectivity index (χ4v) is 1.91. The van der Waals surface area contributed by atoms with Crippen LogP contribution < -0.4 is 9.80 Å². The molecule has 2 rings (SSSR count). The molecule has 0 aliphatic carbocycles. The third-order valence-corrected chi connectivity index (χ3v) is 3.07. The smallest absolute Gasteiger partial charge is 0.128 e. The van der Waals surface area contributed by atoms with E-state index >= 15 is 0 Å². The first-order valence-electron chi connectivity index (χ1n) is 5.02. The van der Waals surface area contributed by atoms with Crippen molar-refractivity contribution in [2.75, 3.05) is 7.11 Å². The van der Waals surface area contributed by atoms with Gasteiger partial charge >= 0.3 is 0 Å². The van der Waals surface area contributed by atoms with E-state index in [0.29, 0.717) is 0 Å². The molecule has 1 aliphatic rings. The Morgan fingerprint density at radius 3 is 2.47 bits per heavy atom. The number of benzene rings is 1. The highest BCUT2D eigenvalue weighted by Gasteiger charge is 2.34. The summed E-state index contributed by atoms with van der Waals surface area (Å²) >= 11 is 0. The van der Waals surface area contributed by atoms with Crippen LogP contribution in [0.3, 0.4) is 0 Å². The summed E-state index contributed by atoms with van der Waals surface area (Å²) in [5.41, 5.74) is 0.685. The number of ether oxygens (including phenoxy) is 1. The van der Waals surface area contributed by atoms with Crippen molar-refractivity contribution in [1.29, 1.82) is 0 Å². The molecule has 1 aromatic rings. The minimum atomic E-state index is -0.369. The average Bonchev–Trinajstić information content (AvgIpc) is 2.61. The van der Waals surface area contributed by atoms with Crippen molar-refractivity contribution >= 4 is 0 Å². The Labute approximate surface area is 89.5 Å². The number of methoxy groups -OCH3 is 1. The first kappa shape index (κ1) is 10.2. The summed E-state index contributed by atoms with van der Waals surface area (Å²) in [5.74, 6) is 0.820. The van der Waals surface area contributed by atoms with Crippen LogP contribution in [0.15, 0.2) is 36.5 Å². The predicted octanol–water partition coefficient (Wildman–Crippen LogP) is 1.21. The van der Waals surface area contributed by atoms with Gasteiger partial charge in [-0.3, -0.25) is 0 Å². The summed E-state index contributed by atoms with van der Waals surface area (Å²) < 4.78 is 5.09. The van der Waals surface area contributed by atoms with Crippen LogP contribution >= 0.6 is 0 Å². The Morgan fingerprint density at radius 1 is 1.33 bits per heavy atom. The molecular weight excluding hydrogens is 190 g/mol. The van der Waals surface area contributed by atoms with Gasteiger partial charge in [0.1, 0.15) is 11.3 Å². The van der Waals surface area contributed by atoms with E-state index in [1.165, 1.54) is 0 Å². The maximum Gasteiger partial charge on any atom is 0.128 e. The van der Waals surface area contributed by atoms with E-state index in [1.807, 2.05) is 37.3 Å². The van der Waals surface area contributed by atoms with Crippen LogP contribution in [0, 0.1) is 5.21 Å². The van der Waals surface area contributed by atoms with Gasteiger partial charge < -0.3 is 15.0 Å². The fraction of sp³-hybridized carbons (Fsp3) is 0.333. The van der Waals surface area contributed by atoms with Crippen LogP contribution in [0.4, 0.5) is 0 Å². The molecule has 1 N–H and O–H groups in total. The van der Waals surface area contributed by atoms with Crippen molar-refractivity contribution in [3.63, 3.8) is 0 Å². The zero-order valence-electron chi connectivity index (χ0n) is 8.99. The molecule has 0 saturated heterocycles. The minimum Gasteiger partial charge on any atom is -0.629 e. The van der Waals surface area contributed by atoms with Crippen molar-refractivity contribution in [2.24, 2.45) is 0 Å². The first-order valence-corrected chi connectivity index (χ1v) is 5.02. The molecule has 0 amide bonds. The standard InChI is InChI=1S/C12H15NO2/c1-12(8-3-9-13(12)14)10-4-6-11(15-2)7-5-10/h3-7,9,13H,8H2,1-2H3. The Morgan fingerprint density at radius 2 is 2.00 bits per heavy atom. The molecule has 0 bridgehead atoms. The van der Waals surface area contributed by atoms with Gasteiger partial charge in [-0.2, -0.15) is 0 Å². The second kappa shape index (κ2) is 3.68. The molecule has 0 fully saturated rings. The van der Waals surface area contributed by atoms with Crippen LogP contribution in [-0.4, -0.2) is 7.11 Å². The average molecular weight is 205 g/mol. The van der Waals surface area contributed by atoms with Crippen molar-refractivity contribution in [2.45, 2.75) is 18.9 Å². The fourth-order valence-electron chi connectivity index (χ4n) is 1.91. The summed E-state index contributed by atoms with van der Waals surface area (Å²) in [7, 11) is 1.64. The lowest BCUT2D eigenvalue weighted by molar-refractivity contribution is -0.853. The predicted molar refractivity (Wildman–Crippen MR) is 58.4 cm³/mol. The highest BCUT2D eigenvalue weighted by Crippen LogP contribution is 2.26. The van der Waals surface area contributed by atoms with E-state index in [0.717, 1.165) is 17.7 Å². The molecule has 3 heteroatoms. The van der Waals surface area contributed by atoms with Crippen molar-refractivity contribution < 1.29 is 9.80 Å². The zero-order chi connectivity index (χ0) is 10.9. The van der Waals surface area contributed by atoms with E-state index in [2.05, 4.69) is 0 Å². The van der Waals surface area contributed by atoms with Gasteiger partial charge in [0.05, 0.1) is 13.3 Å². The molecule has 2 unspecified atom stereocenters. The molecule has 1 heterocycles. The van der Waals surface area contributed by atoms with Crippen LogP contribution in [0.1, 0.15) is 18.9 Å². The molecule has 0 saturated carbocycles. The van der Waals surface area contributed by atoms with Crippen molar-refractivity contribution in [1.82, 2.24) is 0 Å². The Balaban J connectivity index is 2.29. The highest BCUT2D eigenvalue weighted by molar-refractivity contribution is 5.31.